The van der Waals surface area contributed by atoms with Crippen molar-refractivity contribution in [1.29, 1.82) is 0 Å². The van der Waals surface area contributed by atoms with E-state index < -0.39 is 0 Å². The summed E-state index contributed by atoms with van der Waals surface area (Å²) >= 11 is 0. The number of hydrogen-bond acceptors (Lipinski definition) is 2. The van der Waals surface area contributed by atoms with E-state index in [9.17, 15) is 0 Å². The van der Waals surface area contributed by atoms with Crippen LogP contribution in [0.25, 0.3) is 99.7 Å². The molecule has 1 aliphatic carbocycles. The predicted octanol–water partition coefficient (Wildman–Crippen LogP) is 13.5. The summed E-state index contributed by atoms with van der Waals surface area (Å²) in [7, 11) is 0. The standard InChI is InChI=1S/C53H36N4/c1-53(2)43-18-9-6-17-40(43)51-50-44(53)19-12-20-45(50)54-52(55-51)57-47-22-11-8-16-39(47)42-32-36(28-30-49(42)57)34-25-23-33(24-26-34)35-27-29-48-41(31-35)38-15-7-10-21-46(38)56(48)37-13-4-3-5-14-37/h3-32H,1-2H3. The number of fused-ring (bicyclic) bond motifs is 8. The fourth-order valence-electron chi connectivity index (χ4n) is 9.60. The zero-order valence-corrected chi connectivity index (χ0v) is 31.6. The van der Waals surface area contributed by atoms with Gasteiger partial charge in [0.2, 0.25) is 5.95 Å². The maximum absolute atomic E-state index is 5.40. The Kier molecular flexibility index (Phi) is 6.65. The van der Waals surface area contributed by atoms with Gasteiger partial charge >= 0.3 is 0 Å². The Morgan fingerprint density at radius 3 is 1.61 bits per heavy atom. The maximum Gasteiger partial charge on any atom is 0.235 e. The van der Waals surface area contributed by atoms with Crippen LogP contribution in [0.5, 0.6) is 0 Å². The van der Waals surface area contributed by atoms with E-state index in [1.165, 1.54) is 77.2 Å². The van der Waals surface area contributed by atoms with Gasteiger partial charge in [0.25, 0.3) is 0 Å². The summed E-state index contributed by atoms with van der Waals surface area (Å²) in [5, 5.41) is 6.03. The Labute approximate surface area is 329 Å². The zero-order chi connectivity index (χ0) is 37.8. The molecule has 0 fully saturated rings. The zero-order valence-electron chi connectivity index (χ0n) is 31.6. The number of benzene rings is 8. The number of nitrogens with zero attached hydrogens (tertiary/aromatic N) is 4. The second-order valence-electron chi connectivity index (χ2n) is 15.8. The van der Waals surface area contributed by atoms with Crippen LogP contribution in [0.4, 0.5) is 0 Å². The molecule has 12 rings (SSSR count). The smallest absolute Gasteiger partial charge is 0.235 e. The minimum atomic E-state index is -0.146. The van der Waals surface area contributed by atoms with Crippen LogP contribution in [0, 0.1) is 0 Å². The van der Waals surface area contributed by atoms with E-state index in [4.69, 9.17) is 9.97 Å². The summed E-state index contributed by atoms with van der Waals surface area (Å²) < 4.78 is 4.61. The normalized spacial score (nSPS) is 13.2. The van der Waals surface area contributed by atoms with Crippen LogP contribution >= 0.6 is 0 Å². The van der Waals surface area contributed by atoms with Gasteiger partial charge in [-0.25, -0.2) is 9.97 Å². The fourth-order valence-corrected chi connectivity index (χ4v) is 9.60. The molecule has 268 valence electrons. The Bertz CT molecular complexity index is 3420. The lowest BCUT2D eigenvalue weighted by Crippen LogP contribution is -2.24. The van der Waals surface area contributed by atoms with Gasteiger partial charge in [0.15, 0.2) is 0 Å². The molecule has 11 aromatic rings. The molecule has 0 unspecified atom stereocenters. The molecule has 0 aliphatic heterocycles. The number of para-hydroxylation sites is 3. The highest BCUT2D eigenvalue weighted by Crippen LogP contribution is 2.48. The van der Waals surface area contributed by atoms with Crippen molar-refractivity contribution in [3.63, 3.8) is 0 Å². The molecule has 0 saturated heterocycles. The van der Waals surface area contributed by atoms with Gasteiger partial charge in [-0.1, -0.05) is 141 Å². The van der Waals surface area contributed by atoms with Gasteiger partial charge in [-0.3, -0.25) is 4.57 Å². The molecule has 0 saturated carbocycles. The van der Waals surface area contributed by atoms with Crippen LogP contribution in [-0.4, -0.2) is 19.1 Å². The molecule has 57 heavy (non-hydrogen) atoms. The Balaban J connectivity index is 0.961. The van der Waals surface area contributed by atoms with E-state index in [0.717, 1.165) is 27.6 Å². The summed E-state index contributed by atoms with van der Waals surface area (Å²) in [6.07, 6.45) is 0. The lowest BCUT2D eigenvalue weighted by atomic mass is 9.70. The van der Waals surface area contributed by atoms with Gasteiger partial charge in [0.05, 0.1) is 33.3 Å². The Morgan fingerprint density at radius 1 is 0.404 bits per heavy atom. The SMILES string of the molecule is CC1(C)c2ccccc2-c2nc(-n3c4ccccc4c4cc(-c5ccc(-c6ccc7c(c6)c6ccccc6n7-c6ccccc6)cc5)ccc43)nc3cccc1c23. The van der Waals surface area contributed by atoms with Crippen LogP contribution < -0.4 is 0 Å². The first-order valence-corrected chi connectivity index (χ1v) is 19.7. The highest BCUT2D eigenvalue weighted by atomic mass is 15.2. The first-order chi connectivity index (χ1) is 28.0. The first-order valence-electron chi connectivity index (χ1n) is 19.7. The molecule has 0 spiro atoms. The highest BCUT2D eigenvalue weighted by Gasteiger charge is 2.34. The molecule has 0 radical (unpaired) electrons. The quantitative estimate of drug-likeness (QED) is 0.181. The van der Waals surface area contributed by atoms with Crippen molar-refractivity contribution in [3.8, 4) is 45.1 Å². The van der Waals surface area contributed by atoms with Crippen LogP contribution in [0.1, 0.15) is 25.0 Å². The second kappa shape index (κ2) is 11.8. The minimum Gasteiger partial charge on any atom is -0.309 e. The Morgan fingerprint density at radius 2 is 0.930 bits per heavy atom. The minimum absolute atomic E-state index is 0.146. The van der Waals surface area contributed by atoms with Crippen molar-refractivity contribution in [2.75, 3.05) is 0 Å². The molecule has 4 nitrogen and oxygen atoms in total. The molecular weight excluding hydrogens is 693 g/mol. The van der Waals surface area contributed by atoms with Crippen molar-refractivity contribution in [1.82, 2.24) is 19.1 Å². The third-order valence-corrected chi connectivity index (χ3v) is 12.4. The second-order valence-corrected chi connectivity index (χ2v) is 15.8. The molecule has 0 bridgehead atoms. The van der Waals surface area contributed by atoms with E-state index in [-0.39, 0.29) is 5.41 Å². The molecular formula is C53H36N4. The Hall–Kier alpha value is -7.30. The summed E-state index contributed by atoms with van der Waals surface area (Å²) in [4.78, 5) is 10.7. The van der Waals surface area contributed by atoms with Crippen LogP contribution in [-0.2, 0) is 5.41 Å². The molecule has 3 heterocycles. The van der Waals surface area contributed by atoms with Gasteiger partial charge in [-0.2, -0.15) is 0 Å². The summed E-state index contributed by atoms with van der Waals surface area (Å²) in [5.74, 6) is 0.691. The van der Waals surface area contributed by atoms with Crippen molar-refractivity contribution in [2.24, 2.45) is 0 Å². The van der Waals surface area contributed by atoms with E-state index in [0.29, 0.717) is 5.95 Å². The van der Waals surface area contributed by atoms with E-state index in [1.54, 1.807) is 0 Å². The van der Waals surface area contributed by atoms with Gasteiger partial charge in [0.1, 0.15) is 0 Å². The van der Waals surface area contributed by atoms with Crippen molar-refractivity contribution in [2.45, 2.75) is 19.3 Å². The molecule has 0 amide bonds. The van der Waals surface area contributed by atoms with Gasteiger partial charge in [-0.15, -0.1) is 0 Å². The lowest BCUT2D eigenvalue weighted by molar-refractivity contribution is 0.643. The largest absolute Gasteiger partial charge is 0.309 e. The molecule has 3 aromatic heterocycles. The van der Waals surface area contributed by atoms with Crippen LogP contribution in [0.2, 0.25) is 0 Å². The highest BCUT2D eigenvalue weighted by molar-refractivity contribution is 6.12. The summed E-state index contributed by atoms with van der Waals surface area (Å²) in [6.45, 7) is 4.61. The first kappa shape index (κ1) is 32.0. The third kappa shape index (κ3) is 4.62. The molecule has 4 heteroatoms. The molecule has 1 aliphatic rings. The van der Waals surface area contributed by atoms with Crippen molar-refractivity contribution in [3.05, 3.63) is 193 Å². The van der Waals surface area contributed by atoms with Crippen molar-refractivity contribution < 1.29 is 0 Å². The van der Waals surface area contributed by atoms with E-state index in [1.807, 2.05) is 0 Å². The molecule has 8 aromatic carbocycles. The maximum atomic E-state index is 5.40. The van der Waals surface area contributed by atoms with E-state index in [2.05, 4.69) is 205 Å². The lowest BCUT2D eigenvalue weighted by Gasteiger charge is -2.34. The summed E-state index contributed by atoms with van der Waals surface area (Å²) in [6, 6.07) is 65.9. The molecule has 0 N–H and O–H groups in total. The van der Waals surface area contributed by atoms with Gasteiger partial charge in [0, 0.05) is 43.6 Å². The van der Waals surface area contributed by atoms with Crippen LogP contribution in [0.3, 0.4) is 0 Å². The van der Waals surface area contributed by atoms with Gasteiger partial charge in [-0.05, 0) is 88.0 Å². The molecule has 0 atom stereocenters. The number of hydrogen-bond donors (Lipinski definition) is 0. The van der Waals surface area contributed by atoms with Gasteiger partial charge < -0.3 is 4.57 Å². The monoisotopic (exact) mass is 728 g/mol. The number of rotatable bonds is 4. The number of aromatic nitrogens is 4. The topological polar surface area (TPSA) is 35.6 Å². The van der Waals surface area contributed by atoms with Crippen LogP contribution in [0.15, 0.2) is 182 Å². The average Bonchev–Trinajstić information content (AvgIpc) is 3.78. The third-order valence-electron chi connectivity index (χ3n) is 12.4. The fraction of sp³-hybridized carbons (Fsp3) is 0.0566. The summed E-state index contributed by atoms with van der Waals surface area (Å²) in [5.41, 5.74) is 16.1. The van der Waals surface area contributed by atoms with Crippen molar-refractivity contribution >= 4 is 54.5 Å². The average molecular weight is 729 g/mol. The predicted molar refractivity (Wildman–Crippen MR) is 237 cm³/mol. The van der Waals surface area contributed by atoms with E-state index >= 15 is 0 Å².